The summed E-state index contributed by atoms with van der Waals surface area (Å²) < 4.78 is 7.74. The van der Waals surface area contributed by atoms with Gasteiger partial charge in [-0.1, -0.05) is 42.1 Å². The van der Waals surface area contributed by atoms with Gasteiger partial charge in [0.15, 0.2) is 0 Å². The lowest BCUT2D eigenvalue weighted by molar-refractivity contribution is 0.303. The van der Waals surface area contributed by atoms with Crippen molar-refractivity contribution in [2.24, 2.45) is 0 Å². The molecule has 0 aliphatic heterocycles. The van der Waals surface area contributed by atoms with Crippen molar-refractivity contribution in [2.45, 2.75) is 32.6 Å². The van der Waals surface area contributed by atoms with Gasteiger partial charge < -0.3 is 4.74 Å². The van der Waals surface area contributed by atoms with Crippen LogP contribution in [0, 0.1) is 0 Å². The molecule has 0 saturated heterocycles. The molecule has 0 heterocycles. The first-order valence-corrected chi connectivity index (χ1v) is 6.90. The Morgan fingerprint density at radius 1 is 1.13 bits per heavy atom. The molecule has 3 heteroatoms. The van der Waals surface area contributed by atoms with Crippen LogP contribution in [0.2, 0.25) is 0 Å². The van der Waals surface area contributed by atoms with E-state index < -0.39 is 0 Å². The van der Waals surface area contributed by atoms with Gasteiger partial charge in [-0.15, -0.1) is 0 Å². The molecule has 1 aromatic carbocycles. The minimum atomic E-state index is 0.806. The second-order valence-electron chi connectivity index (χ2n) is 3.48. The molecule has 0 saturated carbocycles. The molecule has 1 nitrogen and oxygen atoms in total. The minimum Gasteiger partial charge on any atom is -0.492 e. The normalized spacial score (nSPS) is 10.3. The molecule has 1 aromatic rings. The van der Waals surface area contributed by atoms with Crippen LogP contribution in [-0.4, -0.2) is 6.61 Å². The van der Waals surface area contributed by atoms with Gasteiger partial charge in [0.05, 0.1) is 11.1 Å². The standard InChI is InChI=1S/C12H16Br2O/c1-2-3-4-5-8-15-12-7-6-10(13)9-11(12)14/h6-7,9H,2-5,8H2,1H3. The Labute approximate surface area is 108 Å². The van der Waals surface area contributed by atoms with Crippen LogP contribution < -0.4 is 4.74 Å². The molecule has 0 fully saturated rings. The molecule has 0 bridgehead atoms. The molecule has 0 aromatic heterocycles. The lowest BCUT2D eigenvalue weighted by Crippen LogP contribution is -1.97. The fourth-order valence-electron chi connectivity index (χ4n) is 1.30. The van der Waals surface area contributed by atoms with Crippen molar-refractivity contribution in [1.82, 2.24) is 0 Å². The fraction of sp³-hybridized carbons (Fsp3) is 0.500. The summed E-state index contributed by atoms with van der Waals surface area (Å²) in [5, 5.41) is 0. The average Bonchev–Trinajstić information content (AvgIpc) is 2.20. The van der Waals surface area contributed by atoms with Gasteiger partial charge >= 0.3 is 0 Å². The summed E-state index contributed by atoms with van der Waals surface area (Å²) in [7, 11) is 0. The zero-order valence-corrected chi connectivity index (χ0v) is 12.1. The molecule has 0 aliphatic rings. The zero-order valence-electron chi connectivity index (χ0n) is 8.93. The lowest BCUT2D eigenvalue weighted by atomic mass is 10.2. The van der Waals surface area contributed by atoms with Crippen molar-refractivity contribution in [1.29, 1.82) is 0 Å². The van der Waals surface area contributed by atoms with E-state index in [1.54, 1.807) is 0 Å². The quantitative estimate of drug-likeness (QED) is 0.651. The van der Waals surface area contributed by atoms with Gasteiger partial charge in [-0.2, -0.15) is 0 Å². The van der Waals surface area contributed by atoms with Crippen molar-refractivity contribution in [3.05, 3.63) is 27.1 Å². The summed E-state index contributed by atoms with van der Waals surface area (Å²) in [5.74, 6) is 0.926. The maximum Gasteiger partial charge on any atom is 0.133 e. The van der Waals surface area contributed by atoms with Crippen LogP contribution in [0.25, 0.3) is 0 Å². The summed E-state index contributed by atoms with van der Waals surface area (Å²) >= 11 is 6.89. The molecular formula is C12H16Br2O. The van der Waals surface area contributed by atoms with Gasteiger partial charge in [-0.3, -0.25) is 0 Å². The summed E-state index contributed by atoms with van der Waals surface area (Å²) in [6.45, 7) is 3.02. The number of hydrogen-bond acceptors (Lipinski definition) is 1. The first kappa shape index (κ1) is 13.0. The van der Waals surface area contributed by atoms with E-state index in [9.17, 15) is 0 Å². The van der Waals surface area contributed by atoms with Gasteiger partial charge in [-0.25, -0.2) is 0 Å². The minimum absolute atomic E-state index is 0.806. The number of halogens is 2. The summed E-state index contributed by atoms with van der Waals surface area (Å²) in [5.41, 5.74) is 0. The van der Waals surface area contributed by atoms with Crippen LogP contribution in [0.1, 0.15) is 32.6 Å². The van der Waals surface area contributed by atoms with Gasteiger partial charge in [0, 0.05) is 4.47 Å². The average molecular weight is 336 g/mol. The van der Waals surface area contributed by atoms with E-state index in [4.69, 9.17) is 4.74 Å². The molecule has 0 radical (unpaired) electrons. The Hall–Kier alpha value is -0.0200. The highest BCUT2D eigenvalue weighted by Crippen LogP contribution is 2.28. The molecule has 0 spiro atoms. The van der Waals surface area contributed by atoms with Crippen LogP contribution >= 0.6 is 31.9 Å². The summed E-state index contributed by atoms with van der Waals surface area (Å²) in [4.78, 5) is 0. The van der Waals surface area contributed by atoms with Gasteiger partial charge in [-0.05, 0) is 40.5 Å². The number of benzene rings is 1. The molecule has 84 valence electrons. The number of hydrogen-bond donors (Lipinski definition) is 0. The van der Waals surface area contributed by atoms with Crippen molar-refractivity contribution in [3.63, 3.8) is 0 Å². The van der Waals surface area contributed by atoms with Crippen LogP contribution in [0.4, 0.5) is 0 Å². The molecule has 0 aliphatic carbocycles. The van der Waals surface area contributed by atoms with E-state index in [0.717, 1.165) is 27.7 Å². The van der Waals surface area contributed by atoms with E-state index in [1.807, 2.05) is 18.2 Å². The topological polar surface area (TPSA) is 9.23 Å². The third kappa shape index (κ3) is 5.03. The highest BCUT2D eigenvalue weighted by Gasteiger charge is 2.00. The van der Waals surface area contributed by atoms with Crippen molar-refractivity contribution < 1.29 is 4.74 Å². The monoisotopic (exact) mass is 334 g/mol. The maximum absolute atomic E-state index is 5.67. The Kier molecular flexibility index (Phi) is 6.34. The number of ether oxygens (including phenoxy) is 1. The molecule has 0 unspecified atom stereocenters. The molecule has 1 rings (SSSR count). The molecular weight excluding hydrogens is 320 g/mol. The highest BCUT2D eigenvalue weighted by molar-refractivity contribution is 9.11. The second kappa shape index (κ2) is 7.29. The fourth-order valence-corrected chi connectivity index (χ4v) is 2.46. The third-order valence-corrected chi connectivity index (χ3v) is 3.26. The molecule has 0 N–H and O–H groups in total. The van der Waals surface area contributed by atoms with Crippen LogP contribution in [0.5, 0.6) is 5.75 Å². The predicted octanol–water partition coefficient (Wildman–Crippen LogP) is 5.17. The summed E-state index contributed by atoms with van der Waals surface area (Å²) in [6.07, 6.45) is 4.95. The smallest absolute Gasteiger partial charge is 0.133 e. The second-order valence-corrected chi connectivity index (χ2v) is 5.25. The highest BCUT2D eigenvalue weighted by atomic mass is 79.9. The number of unbranched alkanes of at least 4 members (excludes halogenated alkanes) is 3. The largest absolute Gasteiger partial charge is 0.492 e. The van der Waals surface area contributed by atoms with E-state index >= 15 is 0 Å². The van der Waals surface area contributed by atoms with Gasteiger partial charge in [0.2, 0.25) is 0 Å². The van der Waals surface area contributed by atoms with E-state index in [2.05, 4.69) is 38.8 Å². The van der Waals surface area contributed by atoms with E-state index in [-0.39, 0.29) is 0 Å². The van der Waals surface area contributed by atoms with Crippen LogP contribution in [0.3, 0.4) is 0 Å². The lowest BCUT2D eigenvalue weighted by Gasteiger charge is -2.07. The zero-order chi connectivity index (χ0) is 11.1. The van der Waals surface area contributed by atoms with Gasteiger partial charge in [0.1, 0.15) is 5.75 Å². The first-order valence-electron chi connectivity index (χ1n) is 5.32. The summed E-state index contributed by atoms with van der Waals surface area (Å²) in [6, 6.07) is 5.97. The number of rotatable bonds is 6. The maximum atomic E-state index is 5.67. The Morgan fingerprint density at radius 2 is 1.93 bits per heavy atom. The van der Waals surface area contributed by atoms with Crippen LogP contribution in [0.15, 0.2) is 27.1 Å². The molecule has 0 atom stereocenters. The Balaban J connectivity index is 2.31. The van der Waals surface area contributed by atoms with E-state index in [0.29, 0.717) is 0 Å². The first-order chi connectivity index (χ1) is 7.24. The predicted molar refractivity (Wildman–Crippen MR) is 71.5 cm³/mol. The molecule has 0 amide bonds. The van der Waals surface area contributed by atoms with Crippen LogP contribution in [-0.2, 0) is 0 Å². The Bertz CT molecular complexity index is 300. The van der Waals surface area contributed by atoms with E-state index in [1.165, 1.54) is 19.3 Å². The van der Waals surface area contributed by atoms with Crippen molar-refractivity contribution in [2.75, 3.05) is 6.61 Å². The Morgan fingerprint density at radius 3 is 2.60 bits per heavy atom. The third-order valence-electron chi connectivity index (χ3n) is 2.15. The van der Waals surface area contributed by atoms with Crippen molar-refractivity contribution in [3.8, 4) is 5.75 Å². The van der Waals surface area contributed by atoms with Gasteiger partial charge in [0.25, 0.3) is 0 Å². The SMILES string of the molecule is CCCCCCOc1ccc(Br)cc1Br. The molecule has 15 heavy (non-hydrogen) atoms. The van der Waals surface area contributed by atoms with Crippen molar-refractivity contribution >= 4 is 31.9 Å².